The SMILES string of the molecule is c1ccc(C2CC3CC2C2C4CC(=C5C6CCC(C6)C54)C32)cc1. The highest BCUT2D eigenvalue weighted by atomic mass is 14.7. The maximum Gasteiger partial charge on any atom is -0.0128 e. The first-order valence-corrected chi connectivity index (χ1v) is 10.2. The Balaban J connectivity index is 1.31. The maximum atomic E-state index is 2.41. The van der Waals surface area contributed by atoms with E-state index in [0.717, 1.165) is 53.3 Å². The lowest BCUT2D eigenvalue weighted by atomic mass is 9.62. The Morgan fingerprint density at radius 1 is 0.783 bits per heavy atom. The molecular weight excluding hydrogens is 276 g/mol. The van der Waals surface area contributed by atoms with Crippen LogP contribution in [-0.4, -0.2) is 0 Å². The van der Waals surface area contributed by atoms with Crippen molar-refractivity contribution >= 4 is 0 Å². The molecule has 0 saturated heterocycles. The molecule has 1 aromatic rings. The van der Waals surface area contributed by atoms with Crippen molar-refractivity contribution in [3.8, 4) is 0 Å². The maximum absolute atomic E-state index is 2.41. The van der Waals surface area contributed by atoms with Gasteiger partial charge in [0.2, 0.25) is 0 Å². The van der Waals surface area contributed by atoms with E-state index in [4.69, 9.17) is 0 Å². The number of hydrogen-bond acceptors (Lipinski definition) is 0. The lowest BCUT2D eigenvalue weighted by molar-refractivity contribution is 0.133. The van der Waals surface area contributed by atoms with Gasteiger partial charge in [-0.05, 0) is 97.3 Å². The van der Waals surface area contributed by atoms with Crippen LogP contribution in [0.4, 0.5) is 0 Å². The predicted molar refractivity (Wildman–Crippen MR) is 91.8 cm³/mol. The molecule has 0 N–H and O–H groups in total. The zero-order chi connectivity index (χ0) is 14.7. The summed E-state index contributed by atoms with van der Waals surface area (Å²) in [6, 6.07) is 11.5. The van der Waals surface area contributed by atoms with Crippen molar-refractivity contribution in [1.29, 1.82) is 0 Å². The lowest BCUT2D eigenvalue weighted by Crippen LogP contribution is -2.35. The van der Waals surface area contributed by atoms with Gasteiger partial charge in [0, 0.05) is 0 Å². The second-order valence-corrected chi connectivity index (χ2v) is 9.66. The van der Waals surface area contributed by atoms with Gasteiger partial charge in [-0.25, -0.2) is 0 Å². The topological polar surface area (TPSA) is 0 Å². The Bertz CT molecular complexity index is 713. The molecule has 0 aromatic heterocycles. The smallest absolute Gasteiger partial charge is 0.0128 e. The highest BCUT2D eigenvalue weighted by Crippen LogP contribution is 2.75. The lowest BCUT2D eigenvalue weighted by Gasteiger charge is -2.42. The summed E-state index contributed by atoms with van der Waals surface area (Å²) in [4.78, 5) is 0. The van der Waals surface area contributed by atoms with E-state index in [-0.39, 0.29) is 0 Å². The summed E-state index contributed by atoms with van der Waals surface area (Å²) in [5.74, 6) is 9.41. The Kier molecular flexibility index (Phi) is 2.12. The molecule has 0 nitrogen and oxygen atoms in total. The summed E-state index contributed by atoms with van der Waals surface area (Å²) >= 11 is 0. The summed E-state index contributed by atoms with van der Waals surface area (Å²) < 4.78 is 0. The van der Waals surface area contributed by atoms with E-state index in [2.05, 4.69) is 41.5 Å². The van der Waals surface area contributed by atoms with E-state index in [9.17, 15) is 0 Å². The summed E-state index contributed by atoms with van der Waals surface area (Å²) in [5, 5.41) is 0. The van der Waals surface area contributed by atoms with Crippen molar-refractivity contribution < 1.29 is 0 Å². The Morgan fingerprint density at radius 2 is 1.70 bits per heavy atom. The average molecular weight is 302 g/mol. The third kappa shape index (κ3) is 1.31. The van der Waals surface area contributed by atoms with Crippen LogP contribution in [0.1, 0.15) is 50.0 Å². The van der Waals surface area contributed by atoms with Crippen LogP contribution in [0, 0.1) is 47.3 Å². The molecule has 9 unspecified atom stereocenters. The molecule has 6 aliphatic rings. The highest BCUT2D eigenvalue weighted by molar-refractivity contribution is 5.43. The van der Waals surface area contributed by atoms with Gasteiger partial charge in [-0.1, -0.05) is 41.5 Å². The van der Waals surface area contributed by atoms with E-state index in [1.54, 1.807) is 31.2 Å². The molecule has 0 radical (unpaired) electrons. The summed E-state index contributed by atoms with van der Waals surface area (Å²) in [5.41, 5.74) is 5.77. The minimum atomic E-state index is 0.893. The van der Waals surface area contributed by atoms with Gasteiger partial charge in [0.05, 0.1) is 0 Å². The van der Waals surface area contributed by atoms with Gasteiger partial charge in [0.1, 0.15) is 0 Å². The zero-order valence-corrected chi connectivity index (χ0v) is 13.8. The number of rotatable bonds is 1. The van der Waals surface area contributed by atoms with Gasteiger partial charge < -0.3 is 0 Å². The summed E-state index contributed by atoms with van der Waals surface area (Å²) in [6.07, 6.45) is 9.29. The second-order valence-electron chi connectivity index (χ2n) is 9.66. The average Bonchev–Trinajstić information content (AvgIpc) is 3.41. The number of fused-ring (bicyclic) bond motifs is 15. The van der Waals surface area contributed by atoms with Crippen molar-refractivity contribution in [2.24, 2.45) is 47.3 Å². The summed E-state index contributed by atoms with van der Waals surface area (Å²) in [7, 11) is 0. The molecular formula is C23H26. The van der Waals surface area contributed by atoms with Crippen LogP contribution >= 0.6 is 0 Å². The van der Waals surface area contributed by atoms with Crippen LogP contribution in [0.15, 0.2) is 41.5 Å². The molecule has 0 aliphatic heterocycles. The zero-order valence-electron chi connectivity index (χ0n) is 13.8. The van der Waals surface area contributed by atoms with Gasteiger partial charge in [-0.15, -0.1) is 0 Å². The minimum absolute atomic E-state index is 0.893. The van der Waals surface area contributed by atoms with E-state index in [1.807, 2.05) is 0 Å². The first kappa shape index (κ1) is 12.3. The molecule has 7 rings (SSSR count). The van der Waals surface area contributed by atoms with Gasteiger partial charge in [0.15, 0.2) is 0 Å². The fourth-order valence-electron chi connectivity index (χ4n) is 9.00. The van der Waals surface area contributed by atoms with Gasteiger partial charge in [-0.2, -0.15) is 0 Å². The Hall–Kier alpha value is -1.04. The number of allylic oxidation sites excluding steroid dienone is 2. The molecule has 6 bridgehead atoms. The molecule has 9 atom stereocenters. The van der Waals surface area contributed by atoms with Crippen molar-refractivity contribution in [3.63, 3.8) is 0 Å². The minimum Gasteiger partial charge on any atom is -0.0664 e. The van der Waals surface area contributed by atoms with Crippen LogP contribution < -0.4 is 0 Å². The molecule has 6 aliphatic carbocycles. The molecule has 5 fully saturated rings. The molecule has 0 spiro atoms. The monoisotopic (exact) mass is 302 g/mol. The van der Waals surface area contributed by atoms with E-state index >= 15 is 0 Å². The highest BCUT2D eigenvalue weighted by Gasteiger charge is 2.66. The second kappa shape index (κ2) is 3.95. The van der Waals surface area contributed by atoms with E-state index in [0.29, 0.717) is 0 Å². The molecule has 118 valence electrons. The van der Waals surface area contributed by atoms with Crippen LogP contribution in [0.25, 0.3) is 0 Å². The number of benzene rings is 1. The molecule has 23 heavy (non-hydrogen) atoms. The van der Waals surface area contributed by atoms with Crippen molar-refractivity contribution in [1.82, 2.24) is 0 Å². The van der Waals surface area contributed by atoms with E-state index < -0.39 is 0 Å². The largest absolute Gasteiger partial charge is 0.0664 e. The third-order valence-electron chi connectivity index (χ3n) is 9.26. The van der Waals surface area contributed by atoms with E-state index in [1.165, 1.54) is 12.8 Å². The van der Waals surface area contributed by atoms with Crippen LogP contribution in [0.3, 0.4) is 0 Å². The number of hydrogen-bond donors (Lipinski definition) is 0. The Labute approximate surface area is 139 Å². The fraction of sp³-hybridized carbons (Fsp3) is 0.652. The molecule has 0 heterocycles. The van der Waals surface area contributed by atoms with Gasteiger partial charge >= 0.3 is 0 Å². The Morgan fingerprint density at radius 3 is 2.61 bits per heavy atom. The molecule has 5 saturated carbocycles. The standard InChI is InChI=1S/C23H26/c1-2-4-12(5-3-1)16-9-15-10-17(16)23-19-11-18(22(15)23)20-13-6-7-14(8-13)21(19)20/h1-5,13-17,19,21-23H,6-11H2. The van der Waals surface area contributed by atoms with Crippen molar-refractivity contribution in [3.05, 3.63) is 47.0 Å². The van der Waals surface area contributed by atoms with Crippen LogP contribution in [-0.2, 0) is 0 Å². The third-order valence-corrected chi connectivity index (χ3v) is 9.26. The van der Waals surface area contributed by atoms with Crippen molar-refractivity contribution in [2.45, 2.75) is 44.4 Å². The normalized spacial score (nSPS) is 54.2. The van der Waals surface area contributed by atoms with Gasteiger partial charge in [0.25, 0.3) is 0 Å². The van der Waals surface area contributed by atoms with Crippen molar-refractivity contribution in [2.75, 3.05) is 0 Å². The molecule has 0 amide bonds. The molecule has 0 heteroatoms. The first-order valence-electron chi connectivity index (χ1n) is 10.2. The van der Waals surface area contributed by atoms with Crippen LogP contribution in [0.2, 0.25) is 0 Å². The van der Waals surface area contributed by atoms with Gasteiger partial charge in [-0.3, -0.25) is 0 Å². The quantitative estimate of drug-likeness (QED) is 0.480. The fourth-order valence-corrected chi connectivity index (χ4v) is 9.00. The summed E-state index contributed by atoms with van der Waals surface area (Å²) in [6.45, 7) is 0. The molecule has 1 aromatic carbocycles. The van der Waals surface area contributed by atoms with Crippen LogP contribution in [0.5, 0.6) is 0 Å². The first-order chi connectivity index (χ1) is 11.4. The predicted octanol–water partition coefficient (Wildman–Crippen LogP) is 5.42.